The maximum Gasteiger partial charge on any atom is 0.412 e. The fourth-order valence-corrected chi connectivity index (χ4v) is 2.38. The minimum absolute atomic E-state index is 0.441. The quantitative estimate of drug-likeness (QED) is 0.774. The minimum Gasteiger partial charge on any atom is -0.444 e. The Bertz CT molecular complexity index is 493. The van der Waals surface area contributed by atoms with Gasteiger partial charge in [-0.15, -0.1) is 0 Å². The molecule has 3 N–H and O–H groups in total. The molecule has 0 aromatic heterocycles. The number of amides is 1. The van der Waals surface area contributed by atoms with Crippen LogP contribution in [0.1, 0.15) is 37.5 Å². The number of halogens is 1. The van der Waals surface area contributed by atoms with Crippen molar-refractivity contribution in [1.82, 2.24) is 0 Å². The molecule has 19 heavy (non-hydrogen) atoms. The van der Waals surface area contributed by atoms with Crippen LogP contribution in [-0.2, 0) is 11.3 Å². The van der Waals surface area contributed by atoms with Crippen LogP contribution in [0.25, 0.3) is 0 Å². The van der Waals surface area contributed by atoms with Crippen molar-refractivity contribution >= 4 is 34.4 Å². The lowest BCUT2D eigenvalue weighted by Crippen LogP contribution is -2.28. The van der Waals surface area contributed by atoms with Gasteiger partial charge in [-0.1, -0.05) is 0 Å². The van der Waals surface area contributed by atoms with Crippen LogP contribution in [0.2, 0.25) is 0 Å². The SMILES string of the molecule is Cc1c(I)cc(CN)c(C)c1NC(=O)OC(C)(C)C. The predicted molar refractivity (Wildman–Crippen MR) is 86.4 cm³/mol. The molecule has 0 fully saturated rings. The van der Waals surface area contributed by atoms with E-state index in [0.717, 1.165) is 25.9 Å². The Hall–Kier alpha value is -0.820. The van der Waals surface area contributed by atoms with Crippen molar-refractivity contribution in [3.8, 4) is 0 Å². The first kappa shape index (κ1) is 16.2. The summed E-state index contributed by atoms with van der Waals surface area (Å²) in [5, 5.41) is 2.83. The summed E-state index contributed by atoms with van der Waals surface area (Å²) < 4.78 is 6.36. The molecule has 0 aliphatic carbocycles. The highest BCUT2D eigenvalue weighted by Gasteiger charge is 2.19. The molecule has 0 bridgehead atoms. The smallest absolute Gasteiger partial charge is 0.412 e. The molecule has 0 saturated carbocycles. The Morgan fingerprint density at radius 3 is 2.42 bits per heavy atom. The highest BCUT2D eigenvalue weighted by Crippen LogP contribution is 2.28. The van der Waals surface area contributed by atoms with E-state index in [4.69, 9.17) is 10.5 Å². The summed E-state index contributed by atoms with van der Waals surface area (Å²) in [5.41, 5.74) is 9.06. The molecule has 0 radical (unpaired) electrons. The van der Waals surface area contributed by atoms with Crippen LogP contribution in [0.15, 0.2) is 6.07 Å². The molecule has 1 aromatic rings. The Labute approximate surface area is 128 Å². The number of rotatable bonds is 2. The third-order valence-corrected chi connectivity index (χ3v) is 3.86. The predicted octanol–water partition coefficient (Wildman–Crippen LogP) is 3.71. The van der Waals surface area contributed by atoms with Crippen molar-refractivity contribution in [1.29, 1.82) is 0 Å². The van der Waals surface area contributed by atoms with Crippen LogP contribution in [0.5, 0.6) is 0 Å². The Balaban J connectivity index is 3.07. The van der Waals surface area contributed by atoms with Gasteiger partial charge in [0.25, 0.3) is 0 Å². The summed E-state index contributed by atoms with van der Waals surface area (Å²) in [4.78, 5) is 11.9. The van der Waals surface area contributed by atoms with Gasteiger partial charge in [0.2, 0.25) is 0 Å². The lowest BCUT2D eigenvalue weighted by atomic mass is 10.0. The van der Waals surface area contributed by atoms with Gasteiger partial charge in [-0.3, -0.25) is 5.32 Å². The zero-order valence-electron chi connectivity index (χ0n) is 12.1. The topological polar surface area (TPSA) is 64.3 Å². The number of carbonyl (C=O) groups excluding carboxylic acids is 1. The first-order valence-corrected chi connectivity index (χ1v) is 7.22. The van der Waals surface area contributed by atoms with Gasteiger partial charge in [0.1, 0.15) is 5.60 Å². The Kier molecular flexibility index (Phi) is 5.20. The van der Waals surface area contributed by atoms with Crippen LogP contribution in [0.3, 0.4) is 0 Å². The van der Waals surface area contributed by atoms with Gasteiger partial charge in [-0.2, -0.15) is 0 Å². The molecule has 1 aromatic carbocycles. The van der Waals surface area contributed by atoms with E-state index in [9.17, 15) is 4.79 Å². The van der Waals surface area contributed by atoms with Gasteiger partial charge in [-0.25, -0.2) is 4.79 Å². The molecule has 0 aliphatic rings. The average Bonchev–Trinajstić information content (AvgIpc) is 2.27. The van der Waals surface area contributed by atoms with Gasteiger partial charge in [0, 0.05) is 10.1 Å². The Morgan fingerprint density at radius 1 is 1.37 bits per heavy atom. The second kappa shape index (κ2) is 6.09. The maximum atomic E-state index is 11.9. The summed E-state index contributed by atoms with van der Waals surface area (Å²) in [6, 6.07) is 2.05. The number of hydrogen-bond acceptors (Lipinski definition) is 3. The van der Waals surface area contributed by atoms with E-state index < -0.39 is 11.7 Å². The summed E-state index contributed by atoms with van der Waals surface area (Å²) in [6.45, 7) is 9.90. The fourth-order valence-electron chi connectivity index (χ4n) is 1.74. The highest BCUT2D eigenvalue weighted by atomic mass is 127. The van der Waals surface area contributed by atoms with Gasteiger partial charge < -0.3 is 10.5 Å². The molecule has 0 aliphatic heterocycles. The third kappa shape index (κ3) is 4.35. The first-order valence-electron chi connectivity index (χ1n) is 6.14. The minimum atomic E-state index is -0.509. The summed E-state index contributed by atoms with van der Waals surface area (Å²) >= 11 is 2.24. The van der Waals surface area contributed by atoms with Crippen molar-refractivity contribution in [3.63, 3.8) is 0 Å². The van der Waals surface area contributed by atoms with E-state index in [2.05, 4.69) is 27.9 Å². The maximum absolute atomic E-state index is 11.9. The number of benzene rings is 1. The zero-order chi connectivity index (χ0) is 14.8. The van der Waals surface area contributed by atoms with E-state index in [1.165, 1.54) is 0 Å². The van der Waals surface area contributed by atoms with Crippen LogP contribution in [0, 0.1) is 17.4 Å². The van der Waals surface area contributed by atoms with E-state index in [0.29, 0.717) is 6.54 Å². The fraction of sp³-hybridized carbons (Fsp3) is 0.500. The van der Waals surface area contributed by atoms with E-state index in [-0.39, 0.29) is 0 Å². The van der Waals surface area contributed by atoms with E-state index >= 15 is 0 Å². The van der Waals surface area contributed by atoms with Crippen molar-refractivity contribution in [2.24, 2.45) is 5.73 Å². The molecule has 5 heteroatoms. The molecular weight excluding hydrogens is 355 g/mol. The van der Waals surface area contributed by atoms with Crippen LogP contribution in [0.4, 0.5) is 10.5 Å². The van der Waals surface area contributed by atoms with Gasteiger partial charge >= 0.3 is 6.09 Å². The van der Waals surface area contributed by atoms with Crippen LogP contribution >= 0.6 is 22.6 Å². The molecule has 1 rings (SSSR count). The zero-order valence-corrected chi connectivity index (χ0v) is 14.2. The largest absolute Gasteiger partial charge is 0.444 e. The molecule has 1 amide bonds. The van der Waals surface area contributed by atoms with Crippen molar-refractivity contribution in [2.45, 2.75) is 46.8 Å². The number of nitrogens with one attached hydrogen (secondary N) is 1. The normalized spacial score (nSPS) is 11.3. The molecule has 4 nitrogen and oxygen atoms in total. The highest BCUT2D eigenvalue weighted by molar-refractivity contribution is 14.1. The number of anilines is 1. The van der Waals surface area contributed by atoms with Crippen molar-refractivity contribution in [2.75, 3.05) is 5.32 Å². The van der Waals surface area contributed by atoms with Gasteiger partial charge in [0.05, 0.1) is 5.69 Å². The third-order valence-electron chi connectivity index (χ3n) is 2.74. The molecule has 0 saturated heterocycles. The molecule has 0 unspecified atom stereocenters. The molecule has 106 valence electrons. The summed E-state index contributed by atoms with van der Waals surface area (Å²) in [7, 11) is 0. The van der Waals surface area contributed by atoms with Crippen LogP contribution < -0.4 is 11.1 Å². The Morgan fingerprint density at radius 2 is 1.95 bits per heavy atom. The number of ether oxygens (including phenoxy) is 1. The van der Waals surface area contributed by atoms with E-state index in [1.54, 1.807) is 0 Å². The molecular formula is C14H21IN2O2. The van der Waals surface area contributed by atoms with Gasteiger partial charge in [0.15, 0.2) is 0 Å². The summed E-state index contributed by atoms with van der Waals surface area (Å²) in [6.07, 6.45) is -0.441. The first-order chi connectivity index (χ1) is 8.65. The standard InChI is InChI=1S/C14H21IN2O2/c1-8-10(7-16)6-11(15)9(2)12(8)17-13(18)19-14(3,4)5/h6H,7,16H2,1-5H3,(H,17,18). The lowest BCUT2D eigenvalue weighted by Gasteiger charge is -2.22. The van der Waals surface area contributed by atoms with E-state index in [1.807, 2.05) is 40.7 Å². The molecule has 0 atom stereocenters. The van der Waals surface area contributed by atoms with Crippen molar-refractivity contribution in [3.05, 3.63) is 26.3 Å². The second-order valence-electron chi connectivity index (χ2n) is 5.47. The van der Waals surface area contributed by atoms with Gasteiger partial charge in [-0.05, 0) is 80.0 Å². The summed E-state index contributed by atoms with van der Waals surface area (Å²) in [5.74, 6) is 0. The number of nitrogens with two attached hydrogens (primary N) is 1. The molecule has 0 heterocycles. The number of hydrogen-bond donors (Lipinski definition) is 2. The number of carbonyl (C=O) groups is 1. The van der Waals surface area contributed by atoms with Crippen molar-refractivity contribution < 1.29 is 9.53 Å². The lowest BCUT2D eigenvalue weighted by molar-refractivity contribution is 0.0635. The second-order valence-corrected chi connectivity index (χ2v) is 6.64. The molecule has 0 spiro atoms. The average molecular weight is 376 g/mol. The monoisotopic (exact) mass is 376 g/mol. The van der Waals surface area contributed by atoms with Crippen LogP contribution in [-0.4, -0.2) is 11.7 Å².